The van der Waals surface area contributed by atoms with Crippen LogP contribution in [0.1, 0.15) is 22.8 Å². The van der Waals surface area contributed by atoms with E-state index >= 15 is 0 Å². The Hall–Kier alpha value is -3.93. The molecule has 0 aliphatic carbocycles. The van der Waals surface area contributed by atoms with Gasteiger partial charge >= 0.3 is 5.97 Å². The first-order valence-corrected chi connectivity index (χ1v) is 9.44. The molecule has 0 aliphatic rings. The van der Waals surface area contributed by atoms with Gasteiger partial charge in [0, 0.05) is 5.56 Å². The standard InChI is InChI=1S/C24H22N2O4/c1-16(24(29)30-2)25-23(28)21(26-22(27)18-10-4-3-5-11-18)15-19-13-8-12-17-9-6-7-14-20(17)19/h3-16H,1-2H3,(H,25,28)(H,26,27)/b21-15+/t16-/m0/s1. The van der Waals surface area contributed by atoms with Gasteiger partial charge in [-0.3, -0.25) is 9.59 Å². The lowest BCUT2D eigenvalue weighted by atomic mass is 10.0. The highest BCUT2D eigenvalue weighted by molar-refractivity contribution is 6.07. The smallest absolute Gasteiger partial charge is 0.328 e. The third kappa shape index (κ3) is 4.91. The van der Waals surface area contributed by atoms with Crippen LogP contribution in [0, 0.1) is 0 Å². The van der Waals surface area contributed by atoms with Crippen molar-refractivity contribution >= 4 is 34.6 Å². The van der Waals surface area contributed by atoms with Crippen molar-refractivity contribution in [2.45, 2.75) is 13.0 Å². The molecule has 0 spiro atoms. The Morgan fingerprint density at radius 1 is 0.900 bits per heavy atom. The fourth-order valence-corrected chi connectivity index (χ4v) is 2.98. The second-order valence-electron chi connectivity index (χ2n) is 6.66. The van der Waals surface area contributed by atoms with Gasteiger partial charge in [0.2, 0.25) is 0 Å². The van der Waals surface area contributed by atoms with Gasteiger partial charge in [0.25, 0.3) is 11.8 Å². The van der Waals surface area contributed by atoms with Crippen molar-refractivity contribution in [2.24, 2.45) is 0 Å². The minimum absolute atomic E-state index is 0.0240. The number of carbonyl (C=O) groups is 3. The van der Waals surface area contributed by atoms with Gasteiger partial charge in [-0.1, -0.05) is 60.7 Å². The Bertz CT molecular complexity index is 1100. The minimum atomic E-state index is -0.868. The monoisotopic (exact) mass is 402 g/mol. The highest BCUT2D eigenvalue weighted by atomic mass is 16.5. The number of esters is 1. The summed E-state index contributed by atoms with van der Waals surface area (Å²) in [5.41, 5.74) is 1.20. The molecule has 0 saturated heterocycles. The van der Waals surface area contributed by atoms with Gasteiger partial charge in [-0.05, 0) is 41.5 Å². The summed E-state index contributed by atoms with van der Waals surface area (Å²) < 4.78 is 4.66. The van der Waals surface area contributed by atoms with E-state index in [1.165, 1.54) is 14.0 Å². The van der Waals surface area contributed by atoms with Crippen molar-refractivity contribution in [3.8, 4) is 0 Å². The summed E-state index contributed by atoms with van der Waals surface area (Å²) in [6.07, 6.45) is 1.60. The topological polar surface area (TPSA) is 84.5 Å². The second-order valence-corrected chi connectivity index (χ2v) is 6.66. The summed E-state index contributed by atoms with van der Waals surface area (Å²) in [7, 11) is 1.25. The van der Waals surface area contributed by atoms with Crippen molar-refractivity contribution in [3.63, 3.8) is 0 Å². The predicted octanol–water partition coefficient (Wildman–Crippen LogP) is 3.29. The third-order valence-corrected chi connectivity index (χ3v) is 4.55. The van der Waals surface area contributed by atoms with Crippen molar-refractivity contribution in [1.82, 2.24) is 10.6 Å². The molecule has 0 aromatic heterocycles. The van der Waals surface area contributed by atoms with Crippen LogP contribution in [0.2, 0.25) is 0 Å². The largest absolute Gasteiger partial charge is 0.467 e. The number of amides is 2. The highest BCUT2D eigenvalue weighted by Gasteiger charge is 2.20. The molecule has 2 N–H and O–H groups in total. The molecule has 0 unspecified atom stereocenters. The van der Waals surface area contributed by atoms with E-state index in [0.29, 0.717) is 5.56 Å². The number of nitrogens with one attached hydrogen (secondary N) is 2. The maximum absolute atomic E-state index is 12.9. The average Bonchev–Trinajstić information content (AvgIpc) is 2.78. The molecule has 0 radical (unpaired) electrons. The number of rotatable bonds is 6. The first-order valence-electron chi connectivity index (χ1n) is 9.44. The SMILES string of the molecule is COC(=O)[C@H](C)NC(=O)/C(=C\c1cccc2ccccc12)NC(=O)c1ccccc1. The van der Waals surface area contributed by atoms with E-state index in [-0.39, 0.29) is 5.70 Å². The van der Waals surface area contributed by atoms with E-state index in [1.807, 2.05) is 42.5 Å². The molecular weight excluding hydrogens is 380 g/mol. The molecule has 6 nitrogen and oxygen atoms in total. The van der Waals surface area contributed by atoms with Crippen LogP contribution in [0.25, 0.3) is 16.8 Å². The van der Waals surface area contributed by atoms with E-state index in [1.54, 1.807) is 36.4 Å². The van der Waals surface area contributed by atoms with E-state index in [4.69, 9.17) is 0 Å². The number of ether oxygens (including phenoxy) is 1. The minimum Gasteiger partial charge on any atom is -0.467 e. The highest BCUT2D eigenvalue weighted by Crippen LogP contribution is 2.20. The quantitative estimate of drug-likeness (QED) is 0.490. The Morgan fingerprint density at radius 3 is 2.30 bits per heavy atom. The lowest BCUT2D eigenvalue weighted by Crippen LogP contribution is -2.43. The molecule has 152 valence electrons. The average molecular weight is 402 g/mol. The van der Waals surface area contributed by atoms with Gasteiger partial charge in [-0.15, -0.1) is 0 Å². The summed E-state index contributed by atoms with van der Waals surface area (Å²) >= 11 is 0. The van der Waals surface area contributed by atoms with Crippen LogP contribution >= 0.6 is 0 Å². The Balaban J connectivity index is 1.98. The molecule has 6 heteroatoms. The molecular formula is C24H22N2O4. The molecule has 0 heterocycles. The van der Waals surface area contributed by atoms with Crippen LogP contribution in [-0.4, -0.2) is 30.9 Å². The van der Waals surface area contributed by atoms with Crippen molar-refractivity contribution in [1.29, 1.82) is 0 Å². The Morgan fingerprint density at radius 2 is 1.57 bits per heavy atom. The van der Waals surface area contributed by atoms with Gasteiger partial charge in [0.1, 0.15) is 11.7 Å². The van der Waals surface area contributed by atoms with Crippen LogP contribution in [0.3, 0.4) is 0 Å². The van der Waals surface area contributed by atoms with Crippen molar-refractivity contribution < 1.29 is 19.1 Å². The lowest BCUT2D eigenvalue weighted by Gasteiger charge is -2.15. The first-order chi connectivity index (χ1) is 14.5. The zero-order valence-corrected chi connectivity index (χ0v) is 16.7. The summed E-state index contributed by atoms with van der Waals surface area (Å²) in [5, 5.41) is 7.16. The zero-order chi connectivity index (χ0) is 21.5. The second kappa shape index (κ2) is 9.52. The number of fused-ring (bicyclic) bond motifs is 1. The zero-order valence-electron chi connectivity index (χ0n) is 16.7. The Labute approximate surface area is 174 Å². The van der Waals surface area contributed by atoms with E-state index in [0.717, 1.165) is 16.3 Å². The van der Waals surface area contributed by atoms with E-state index < -0.39 is 23.8 Å². The number of hydrogen-bond acceptors (Lipinski definition) is 4. The van der Waals surface area contributed by atoms with Gasteiger partial charge in [-0.2, -0.15) is 0 Å². The lowest BCUT2D eigenvalue weighted by molar-refractivity contribution is -0.144. The fourth-order valence-electron chi connectivity index (χ4n) is 2.98. The normalized spacial score (nSPS) is 12.1. The molecule has 0 fully saturated rings. The van der Waals surface area contributed by atoms with Gasteiger partial charge in [0.05, 0.1) is 7.11 Å². The molecule has 0 bridgehead atoms. The molecule has 1 atom stereocenters. The van der Waals surface area contributed by atoms with Crippen molar-refractivity contribution in [3.05, 3.63) is 89.6 Å². The van der Waals surface area contributed by atoms with Crippen molar-refractivity contribution in [2.75, 3.05) is 7.11 Å². The maximum Gasteiger partial charge on any atom is 0.328 e. The van der Waals surface area contributed by atoms with Crippen LogP contribution in [-0.2, 0) is 14.3 Å². The van der Waals surface area contributed by atoms with Crippen LogP contribution in [0.15, 0.2) is 78.5 Å². The number of methoxy groups -OCH3 is 1. The van der Waals surface area contributed by atoms with E-state index in [2.05, 4.69) is 15.4 Å². The van der Waals surface area contributed by atoms with E-state index in [9.17, 15) is 14.4 Å². The van der Waals surface area contributed by atoms with Gasteiger partial charge < -0.3 is 15.4 Å². The van der Waals surface area contributed by atoms with Crippen LogP contribution in [0.5, 0.6) is 0 Å². The molecule has 30 heavy (non-hydrogen) atoms. The van der Waals surface area contributed by atoms with Crippen LogP contribution < -0.4 is 10.6 Å². The summed E-state index contributed by atoms with van der Waals surface area (Å²) in [6.45, 7) is 1.51. The first kappa shape index (κ1) is 20.8. The molecule has 3 aromatic rings. The third-order valence-electron chi connectivity index (χ3n) is 4.55. The number of carbonyl (C=O) groups excluding carboxylic acids is 3. The fraction of sp³-hybridized carbons (Fsp3) is 0.125. The Kier molecular flexibility index (Phi) is 6.60. The molecule has 0 aliphatic heterocycles. The summed E-state index contributed by atoms with van der Waals surface area (Å²) in [4.78, 5) is 37.2. The van der Waals surface area contributed by atoms with Gasteiger partial charge in [0.15, 0.2) is 0 Å². The molecule has 3 aromatic carbocycles. The number of benzene rings is 3. The number of hydrogen-bond donors (Lipinski definition) is 2. The predicted molar refractivity (Wildman–Crippen MR) is 115 cm³/mol. The van der Waals surface area contributed by atoms with Gasteiger partial charge in [-0.25, -0.2) is 4.79 Å². The molecule has 3 rings (SSSR count). The molecule has 0 saturated carbocycles. The summed E-state index contributed by atoms with van der Waals surface area (Å²) in [5.74, 6) is -1.60. The maximum atomic E-state index is 12.9. The summed E-state index contributed by atoms with van der Waals surface area (Å²) in [6, 6.07) is 21.1. The van der Waals surface area contributed by atoms with Crippen LogP contribution in [0.4, 0.5) is 0 Å². The molecule has 2 amide bonds.